The van der Waals surface area contributed by atoms with E-state index in [-0.39, 0.29) is 5.56 Å². The van der Waals surface area contributed by atoms with Crippen molar-refractivity contribution in [3.05, 3.63) is 63.1 Å². The van der Waals surface area contributed by atoms with Gasteiger partial charge in [-0.3, -0.25) is 9.78 Å². The molecule has 106 valence electrons. The summed E-state index contributed by atoms with van der Waals surface area (Å²) in [6, 6.07) is 11.1. The standard InChI is InChI=1S/C14H11BrN4OS/c15-9-4-5-12-11(7-9)13(20)19(16)14(18-12)21-8-10-3-1-2-6-17-10/h1-7H,8,16H2. The molecule has 2 N–H and O–H groups in total. The van der Waals surface area contributed by atoms with Crippen molar-refractivity contribution in [2.45, 2.75) is 10.9 Å². The number of benzene rings is 1. The Kier molecular flexibility index (Phi) is 3.94. The molecule has 7 heteroatoms. The number of nitrogens with two attached hydrogens (primary N) is 1. The molecule has 0 aliphatic heterocycles. The van der Waals surface area contributed by atoms with E-state index in [4.69, 9.17) is 5.84 Å². The first-order valence-corrected chi connectivity index (χ1v) is 7.93. The largest absolute Gasteiger partial charge is 0.334 e. The van der Waals surface area contributed by atoms with Crippen LogP contribution in [0.4, 0.5) is 0 Å². The summed E-state index contributed by atoms with van der Waals surface area (Å²) in [5, 5.41) is 0.967. The molecular weight excluding hydrogens is 352 g/mol. The van der Waals surface area contributed by atoms with Crippen LogP contribution in [-0.2, 0) is 5.75 Å². The molecule has 0 amide bonds. The van der Waals surface area contributed by atoms with E-state index in [0.29, 0.717) is 21.8 Å². The average molecular weight is 363 g/mol. The molecule has 21 heavy (non-hydrogen) atoms. The fourth-order valence-corrected chi connectivity index (χ4v) is 3.07. The van der Waals surface area contributed by atoms with Gasteiger partial charge < -0.3 is 5.84 Å². The Hall–Kier alpha value is -1.86. The Morgan fingerprint density at radius 1 is 1.29 bits per heavy atom. The number of nitrogen functional groups attached to an aromatic ring is 1. The average Bonchev–Trinajstić information content (AvgIpc) is 2.51. The predicted octanol–water partition coefficient (Wildman–Crippen LogP) is 2.56. The summed E-state index contributed by atoms with van der Waals surface area (Å²) in [6.45, 7) is 0. The number of nitrogens with zero attached hydrogens (tertiary/aromatic N) is 3. The van der Waals surface area contributed by atoms with Crippen molar-refractivity contribution in [1.82, 2.24) is 14.6 Å². The monoisotopic (exact) mass is 362 g/mol. The topological polar surface area (TPSA) is 73.8 Å². The minimum atomic E-state index is -0.259. The third-order valence-corrected chi connectivity index (χ3v) is 4.38. The molecule has 0 spiro atoms. The molecule has 0 radical (unpaired) electrons. The third-order valence-electron chi connectivity index (χ3n) is 2.91. The molecule has 0 atom stereocenters. The molecule has 5 nitrogen and oxygen atoms in total. The molecule has 0 fully saturated rings. The van der Waals surface area contributed by atoms with Gasteiger partial charge in [0.2, 0.25) is 0 Å². The van der Waals surface area contributed by atoms with Crippen LogP contribution in [0.25, 0.3) is 10.9 Å². The van der Waals surface area contributed by atoms with E-state index in [1.807, 2.05) is 24.3 Å². The lowest BCUT2D eigenvalue weighted by molar-refractivity contribution is 0.779. The van der Waals surface area contributed by atoms with Gasteiger partial charge in [-0.05, 0) is 30.3 Å². The smallest absolute Gasteiger partial charge is 0.280 e. The third kappa shape index (κ3) is 2.93. The molecule has 3 aromatic rings. The zero-order chi connectivity index (χ0) is 14.8. The highest BCUT2D eigenvalue weighted by atomic mass is 79.9. The second-order valence-corrected chi connectivity index (χ2v) is 6.20. The summed E-state index contributed by atoms with van der Waals surface area (Å²) >= 11 is 4.73. The van der Waals surface area contributed by atoms with E-state index >= 15 is 0 Å². The molecule has 2 aromatic heterocycles. The quantitative estimate of drug-likeness (QED) is 0.440. The van der Waals surface area contributed by atoms with Crippen molar-refractivity contribution in [2.24, 2.45) is 0 Å². The highest BCUT2D eigenvalue weighted by Gasteiger charge is 2.10. The zero-order valence-corrected chi connectivity index (χ0v) is 13.3. The summed E-state index contributed by atoms with van der Waals surface area (Å²) < 4.78 is 1.91. The van der Waals surface area contributed by atoms with E-state index in [0.717, 1.165) is 14.8 Å². The van der Waals surface area contributed by atoms with Gasteiger partial charge in [-0.15, -0.1) is 0 Å². The van der Waals surface area contributed by atoms with Crippen LogP contribution in [0.3, 0.4) is 0 Å². The number of pyridine rings is 1. The first-order valence-electron chi connectivity index (χ1n) is 6.15. The van der Waals surface area contributed by atoms with Crippen LogP contribution < -0.4 is 11.4 Å². The van der Waals surface area contributed by atoms with Gasteiger partial charge in [0.05, 0.1) is 16.6 Å². The maximum Gasteiger partial charge on any atom is 0.280 e. The van der Waals surface area contributed by atoms with Gasteiger partial charge in [0, 0.05) is 16.4 Å². The van der Waals surface area contributed by atoms with Crippen LogP contribution >= 0.6 is 27.7 Å². The lowest BCUT2D eigenvalue weighted by atomic mass is 10.2. The van der Waals surface area contributed by atoms with Crippen molar-refractivity contribution in [3.8, 4) is 0 Å². The summed E-state index contributed by atoms with van der Waals surface area (Å²) in [5.41, 5.74) is 1.28. The summed E-state index contributed by atoms with van der Waals surface area (Å²) in [7, 11) is 0. The normalized spacial score (nSPS) is 10.9. The van der Waals surface area contributed by atoms with Gasteiger partial charge >= 0.3 is 0 Å². The van der Waals surface area contributed by atoms with Crippen LogP contribution in [0.2, 0.25) is 0 Å². The maximum absolute atomic E-state index is 12.3. The molecule has 0 unspecified atom stereocenters. The van der Waals surface area contributed by atoms with Crippen molar-refractivity contribution in [3.63, 3.8) is 0 Å². The van der Waals surface area contributed by atoms with Crippen LogP contribution in [0.1, 0.15) is 5.69 Å². The summed E-state index contributed by atoms with van der Waals surface area (Å²) in [5.74, 6) is 6.45. The van der Waals surface area contributed by atoms with Crippen LogP contribution in [0.15, 0.2) is 57.0 Å². The van der Waals surface area contributed by atoms with E-state index in [2.05, 4.69) is 25.9 Å². The SMILES string of the molecule is Nn1c(SCc2ccccn2)nc2ccc(Br)cc2c1=O. The fourth-order valence-electron chi connectivity index (χ4n) is 1.87. The number of hydrogen-bond acceptors (Lipinski definition) is 5. The van der Waals surface area contributed by atoms with E-state index in [1.165, 1.54) is 11.8 Å². The predicted molar refractivity (Wildman–Crippen MR) is 87.7 cm³/mol. The minimum absolute atomic E-state index is 0.259. The number of halogens is 1. The van der Waals surface area contributed by atoms with Crippen LogP contribution in [-0.4, -0.2) is 14.6 Å². The second-order valence-electron chi connectivity index (χ2n) is 4.34. The molecule has 0 saturated carbocycles. The van der Waals surface area contributed by atoms with Gasteiger partial charge in [-0.2, -0.15) is 0 Å². The highest BCUT2D eigenvalue weighted by molar-refractivity contribution is 9.10. The number of hydrogen-bond donors (Lipinski definition) is 1. The Bertz CT molecular complexity index is 851. The minimum Gasteiger partial charge on any atom is -0.334 e. The summed E-state index contributed by atoms with van der Waals surface area (Å²) in [4.78, 5) is 20.9. The molecule has 0 aliphatic carbocycles. The lowest BCUT2D eigenvalue weighted by Crippen LogP contribution is -2.29. The number of thioether (sulfide) groups is 1. The van der Waals surface area contributed by atoms with Gasteiger partial charge in [-0.25, -0.2) is 9.66 Å². The first kappa shape index (κ1) is 14.1. The van der Waals surface area contributed by atoms with Gasteiger partial charge in [0.25, 0.3) is 5.56 Å². The Labute approximate surface area is 133 Å². The Morgan fingerprint density at radius 3 is 2.90 bits per heavy atom. The molecular formula is C14H11BrN4OS. The molecule has 0 aliphatic rings. The number of fused-ring (bicyclic) bond motifs is 1. The Morgan fingerprint density at radius 2 is 2.14 bits per heavy atom. The lowest BCUT2D eigenvalue weighted by Gasteiger charge is -2.08. The second kappa shape index (κ2) is 5.87. The highest BCUT2D eigenvalue weighted by Crippen LogP contribution is 2.21. The molecule has 0 saturated heterocycles. The molecule has 2 heterocycles. The summed E-state index contributed by atoms with van der Waals surface area (Å²) in [6.07, 6.45) is 1.73. The van der Waals surface area contributed by atoms with Crippen LogP contribution in [0.5, 0.6) is 0 Å². The van der Waals surface area contributed by atoms with Crippen molar-refractivity contribution < 1.29 is 0 Å². The maximum atomic E-state index is 12.3. The fraction of sp³-hybridized carbons (Fsp3) is 0.0714. The molecule has 1 aromatic carbocycles. The van der Waals surface area contributed by atoms with Crippen molar-refractivity contribution >= 4 is 38.6 Å². The van der Waals surface area contributed by atoms with Crippen molar-refractivity contribution in [1.29, 1.82) is 0 Å². The molecule has 3 rings (SSSR count). The van der Waals surface area contributed by atoms with Gasteiger partial charge in [0.15, 0.2) is 5.16 Å². The molecule has 0 bridgehead atoms. The number of aromatic nitrogens is 3. The van der Waals surface area contributed by atoms with Crippen LogP contribution in [0, 0.1) is 0 Å². The van der Waals surface area contributed by atoms with E-state index in [1.54, 1.807) is 18.3 Å². The van der Waals surface area contributed by atoms with Crippen molar-refractivity contribution in [2.75, 3.05) is 5.84 Å². The van der Waals surface area contributed by atoms with E-state index < -0.39 is 0 Å². The Balaban J connectivity index is 1.98. The van der Waals surface area contributed by atoms with Gasteiger partial charge in [-0.1, -0.05) is 33.8 Å². The van der Waals surface area contributed by atoms with E-state index in [9.17, 15) is 4.79 Å². The first-order chi connectivity index (χ1) is 10.1. The number of rotatable bonds is 3. The zero-order valence-electron chi connectivity index (χ0n) is 10.9. The van der Waals surface area contributed by atoms with Gasteiger partial charge in [0.1, 0.15) is 0 Å².